The van der Waals surface area contributed by atoms with Crippen LogP contribution in [0.5, 0.6) is 0 Å². The van der Waals surface area contributed by atoms with Crippen LogP contribution in [0.2, 0.25) is 0 Å². The molecule has 0 spiro atoms. The number of allylic oxidation sites excluding steroid dienone is 1. The van der Waals surface area contributed by atoms with Gasteiger partial charge in [0.1, 0.15) is 5.76 Å². The summed E-state index contributed by atoms with van der Waals surface area (Å²) < 4.78 is 5.35. The Kier molecular flexibility index (Phi) is 2.07. The predicted octanol–water partition coefficient (Wildman–Crippen LogP) is 3.07. The van der Waals surface area contributed by atoms with E-state index >= 15 is 0 Å². The van der Waals surface area contributed by atoms with Gasteiger partial charge in [-0.2, -0.15) is 0 Å². The highest BCUT2D eigenvalue weighted by Crippen LogP contribution is 2.51. The van der Waals surface area contributed by atoms with Gasteiger partial charge >= 0.3 is 6.09 Å². The molecule has 0 bridgehead atoms. The van der Waals surface area contributed by atoms with Crippen molar-refractivity contribution >= 4 is 6.09 Å². The van der Waals surface area contributed by atoms with Crippen LogP contribution < -0.4 is 0 Å². The molecule has 0 N–H and O–H groups in total. The van der Waals surface area contributed by atoms with Gasteiger partial charge in [0.05, 0.1) is 6.04 Å². The van der Waals surface area contributed by atoms with Crippen LogP contribution in [0, 0.1) is 5.41 Å². The number of ether oxygens (including phenoxy) is 1. The molecule has 0 radical (unpaired) electrons. The van der Waals surface area contributed by atoms with Gasteiger partial charge in [0.25, 0.3) is 0 Å². The summed E-state index contributed by atoms with van der Waals surface area (Å²) in [6.07, 6.45) is 5.80. The van der Waals surface area contributed by atoms with Gasteiger partial charge in [-0.15, -0.1) is 0 Å². The highest BCUT2D eigenvalue weighted by Gasteiger charge is 2.50. The fourth-order valence-electron chi connectivity index (χ4n) is 3.70. The average Bonchev–Trinajstić information content (AvgIpc) is 2.47. The van der Waals surface area contributed by atoms with Crippen molar-refractivity contribution < 1.29 is 9.53 Å². The zero-order chi connectivity index (χ0) is 11.3. The maximum Gasteiger partial charge on any atom is 0.415 e. The Labute approximate surface area is 96.4 Å². The van der Waals surface area contributed by atoms with E-state index in [1.54, 1.807) is 0 Å². The molecule has 1 aliphatic carbocycles. The first-order chi connectivity index (χ1) is 7.62. The zero-order valence-electron chi connectivity index (χ0n) is 10.1. The molecule has 1 amide bonds. The number of nitrogens with zero attached hydrogens (tertiary/aromatic N) is 1. The molecular formula is C13H19NO2. The molecule has 3 rings (SSSR count). The van der Waals surface area contributed by atoms with Gasteiger partial charge in [0, 0.05) is 6.54 Å². The molecule has 3 heteroatoms. The van der Waals surface area contributed by atoms with Crippen molar-refractivity contribution in [1.29, 1.82) is 0 Å². The summed E-state index contributed by atoms with van der Waals surface area (Å²) in [6, 6.07) is 0.330. The second-order valence-electron chi connectivity index (χ2n) is 5.66. The SMILES string of the molecule is CC1=C2CC[C@@]3(C)CCCCN(C(=O)O1)[C@@H]23. The summed E-state index contributed by atoms with van der Waals surface area (Å²) in [5, 5.41) is 0. The van der Waals surface area contributed by atoms with E-state index in [0.29, 0.717) is 11.5 Å². The van der Waals surface area contributed by atoms with Gasteiger partial charge < -0.3 is 9.64 Å². The number of rotatable bonds is 0. The van der Waals surface area contributed by atoms with E-state index in [0.717, 1.165) is 25.1 Å². The fraction of sp³-hybridized carbons (Fsp3) is 0.769. The van der Waals surface area contributed by atoms with Crippen LogP contribution in [0.25, 0.3) is 0 Å². The molecule has 3 nitrogen and oxygen atoms in total. The van der Waals surface area contributed by atoms with Crippen molar-refractivity contribution in [2.45, 2.75) is 52.0 Å². The molecule has 16 heavy (non-hydrogen) atoms. The molecule has 2 aliphatic heterocycles. The Hall–Kier alpha value is -0.990. The normalized spacial score (nSPS) is 38.2. The quantitative estimate of drug-likeness (QED) is 0.629. The number of cyclic esters (lactones) is 1. The molecule has 2 heterocycles. The van der Waals surface area contributed by atoms with Crippen LogP contribution in [0.3, 0.4) is 0 Å². The summed E-state index contributed by atoms with van der Waals surface area (Å²) >= 11 is 0. The van der Waals surface area contributed by atoms with Crippen molar-refractivity contribution in [2.24, 2.45) is 5.41 Å². The van der Waals surface area contributed by atoms with Gasteiger partial charge in [-0.25, -0.2) is 4.79 Å². The van der Waals surface area contributed by atoms with Crippen molar-refractivity contribution in [3.05, 3.63) is 11.3 Å². The molecular weight excluding hydrogens is 202 g/mol. The Morgan fingerprint density at radius 1 is 1.38 bits per heavy atom. The van der Waals surface area contributed by atoms with Crippen LogP contribution in [-0.4, -0.2) is 23.6 Å². The first kappa shape index (κ1) is 10.2. The van der Waals surface area contributed by atoms with Crippen molar-refractivity contribution in [3.63, 3.8) is 0 Å². The summed E-state index contributed by atoms with van der Waals surface area (Å²) in [5.41, 5.74) is 1.68. The molecule has 2 fully saturated rings. The van der Waals surface area contributed by atoms with E-state index in [-0.39, 0.29) is 6.09 Å². The molecule has 3 aliphatic rings. The molecule has 0 aromatic heterocycles. The lowest BCUT2D eigenvalue weighted by atomic mass is 9.79. The molecule has 0 aromatic carbocycles. The van der Waals surface area contributed by atoms with Crippen molar-refractivity contribution in [3.8, 4) is 0 Å². The highest BCUT2D eigenvalue weighted by atomic mass is 16.6. The van der Waals surface area contributed by atoms with Gasteiger partial charge in [-0.3, -0.25) is 0 Å². The lowest BCUT2D eigenvalue weighted by Gasteiger charge is -2.40. The van der Waals surface area contributed by atoms with Crippen LogP contribution in [-0.2, 0) is 4.74 Å². The molecule has 0 aromatic rings. The topological polar surface area (TPSA) is 29.5 Å². The Morgan fingerprint density at radius 2 is 2.19 bits per heavy atom. The summed E-state index contributed by atoms with van der Waals surface area (Å²) in [7, 11) is 0. The number of carbonyl (C=O) groups excluding carboxylic acids is 1. The molecule has 2 atom stereocenters. The number of hydrogen-bond acceptors (Lipinski definition) is 2. The first-order valence-corrected chi connectivity index (χ1v) is 6.30. The van der Waals surface area contributed by atoms with Crippen LogP contribution in [0.1, 0.15) is 46.0 Å². The smallest absolute Gasteiger partial charge is 0.415 e. The number of carbonyl (C=O) groups is 1. The predicted molar refractivity (Wildman–Crippen MR) is 60.9 cm³/mol. The maximum absolute atomic E-state index is 11.9. The first-order valence-electron chi connectivity index (χ1n) is 6.30. The number of hydrogen-bond donors (Lipinski definition) is 0. The molecule has 0 unspecified atom stereocenters. The van der Waals surface area contributed by atoms with Crippen molar-refractivity contribution in [2.75, 3.05) is 6.54 Å². The molecule has 1 saturated carbocycles. The second-order valence-corrected chi connectivity index (χ2v) is 5.66. The minimum Gasteiger partial charge on any atom is -0.415 e. The highest BCUT2D eigenvalue weighted by molar-refractivity contribution is 5.72. The van der Waals surface area contributed by atoms with Gasteiger partial charge in [-0.05, 0) is 43.6 Å². The summed E-state index contributed by atoms with van der Waals surface area (Å²) in [6.45, 7) is 5.16. The van der Waals surface area contributed by atoms with E-state index in [9.17, 15) is 4.79 Å². The minimum atomic E-state index is -0.124. The van der Waals surface area contributed by atoms with E-state index in [4.69, 9.17) is 4.74 Å². The van der Waals surface area contributed by atoms with Gasteiger partial charge in [0.15, 0.2) is 0 Å². The second kappa shape index (κ2) is 3.25. The van der Waals surface area contributed by atoms with E-state index < -0.39 is 0 Å². The largest absolute Gasteiger partial charge is 0.415 e. The standard InChI is InChI=1S/C13H19NO2/c1-9-10-5-7-13(2)6-3-4-8-14(11(10)13)12(15)16-9/h11H,3-8H2,1-2H3/t11-,13+/m0/s1. The number of amides is 1. The van der Waals surface area contributed by atoms with Crippen molar-refractivity contribution in [1.82, 2.24) is 4.90 Å². The molecule has 88 valence electrons. The average molecular weight is 221 g/mol. The van der Waals surface area contributed by atoms with Crippen LogP contribution in [0.15, 0.2) is 11.3 Å². The van der Waals surface area contributed by atoms with Crippen LogP contribution >= 0.6 is 0 Å². The maximum atomic E-state index is 11.9. The van der Waals surface area contributed by atoms with E-state index in [2.05, 4.69) is 6.92 Å². The third kappa shape index (κ3) is 1.23. The molecule has 1 saturated heterocycles. The third-order valence-electron chi connectivity index (χ3n) is 4.59. The lowest BCUT2D eigenvalue weighted by Crippen LogP contribution is -2.49. The zero-order valence-corrected chi connectivity index (χ0v) is 10.1. The van der Waals surface area contributed by atoms with Gasteiger partial charge in [-0.1, -0.05) is 13.3 Å². The Balaban J connectivity index is 2.09. The Bertz CT molecular complexity index is 374. The monoisotopic (exact) mass is 221 g/mol. The third-order valence-corrected chi connectivity index (χ3v) is 4.59. The fourth-order valence-corrected chi connectivity index (χ4v) is 3.70. The van der Waals surface area contributed by atoms with Gasteiger partial charge in [0.2, 0.25) is 0 Å². The Morgan fingerprint density at radius 3 is 3.00 bits per heavy atom. The van der Waals surface area contributed by atoms with E-state index in [1.807, 2.05) is 11.8 Å². The minimum absolute atomic E-state index is 0.124. The summed E-state index contributed by atoms with van der Waals surface area (Å²) in [5.74, 6) is 0.872. The lowest BCUT2D eigenvalue weighted by molar-refractivity contribution is 0.0753. The van der Waals surface area contributed by atoms with Crippen LogP contribution in [0.4, 0.5) is 4.79 Å². The summed E-state index contributed by atoms with van der Waals surface area (Å²) in [4.78, 5) is 13.9. The van der Waals surface area contributed by atoms with E-state index in [1.165, 1.54) is 24.8 Å².